The van der Waals surface area contributed by atoms with E-state index >= 15 is 0 Å². The summed E-state index contributed by atoms with van der Waals surface area (Å²) in [6.07, 6.45) is 3.71. The van der Waals surface area contributed by atoms with Crippen molar-refractivity contribution in [2.75, 3.05) is 6.61 Å². The van der Waals surface area contributed by atoms with Gasteiger partial charge in [0.15, 0.2) is 5.78 Å². The minimum absolute atomic E-state index is 0.276. The van der Waals surface area contributed by atoms with E-state index in [1.165, 1.54) is 11.1 Å². The number of rotatable bonds is 1. The normalized spacial score (nSPS) is 16.5. The summed E-state index contributed by atoms with van der Waals surface area (Å²) in [6.45, 7) is 0.799. The number of hydrogen-bond donors (Lipinski definition) is 0. The fourth-order valence-corrected chi connectivity index (χ4v) is 3.24. The van der Waals surface area contributed by atoms with Crippen LogP contribution in [-0.4, -0.2) is 12.4 Å². The molecule has 4 rings (SSSR count). The third-order valence-electron chi connectivity index (χ3n) is 4.27. The average molecular weight is 264 g/mol. The Morgan fingerprint density at radius 1 is 0.900 bits per heavy atom. The van der Waals surface area contributed by atoms with Gasteiger partial charge in [0.2, 0.25) is 0 Å². The highest BCUT2D eigenvalue weighted by Crippen LogP contribution is 2.37. The van der Waals surface area contributed by atoms with Crippen LogP contribution in [0.15, 0.2) is 36.4 Å². The molecule has 2 heteroatoms. The van der Waals surface area contributed by atoms with Crippen molar-refractivity contribution in [1.82, 2.24) is 0 Å². The number of carbonyl (C=O) groups excluding carboxylic acids is 1. The van der Waals surface area contributed by atoms with Crippen LogP contribution in [0.3, 0.4) is 0 Å². The molecule has 0 unspecified atom stereocenters. The highest BCUT2D eigenvalue weighted by atomic mass is 16.5. The highest BCUT2D eigenvalue weighted by Gasteiger charge is 2.21. The minimum Gasteiger partial charge on any atom is -0.493 e. The van der Waals surface area contributed by atoms with Gasteiger partial charge in [0.25, 0.3) is 0 Å². The quantitative estimate of drug-likeness (QED) is 0.783. The van der Waals surface area contributed by atoms with Gasteiger partial charge in [-0.3, -0.25) is 4.79 Å². The summed E-state index contributed by atoms with van der Waals surface area (Å²) in [5.41, 5.74) is 5.70. The Labute approximate surface area is 118 Å². The number of aryl methyl sites for hydroxylation is 2. The van der Waals surface area contributed by atoms with Gasteiger partial charge in [-0.15, -0.1) is 0 Å². The van der Waals surface area contributed by atoms with Crippen LogP contribution in [-0.2, 0) is 12.8 Å². The van der Waals surface area contributed by atoms with Gasteiger partial charge in [0, 0.05) is 17.5 Å². The smallest absolute Gasteiger partial charge is 0.163 e. The van der Waals surface area contributed by atoms with Gasteiger partial charge in [0.1, 0.15) is 5.75 Å². The molecule has 1 aliphatic heterocycles. The number of Topliss-reactive ketones (excluding diaryl/α,β-unsaturated/α-hetero) is 1. The van der Waals surface area contributed by atoms with Crippen LogP contribution >= 0.6 is 0 Å². The summed E-state index contributed by atoms with van der Waals surface area (Å²) in [7, 11) is 0. The van der Waals surface area contributed by atoms with Crippen molar-refractivity contribution in [2.45, 2.75) is 25.7 Å². The Morgan fingerprint density at radius 3 is 2.80 bits per heavy atom. The first kappa shape index (κ1) is 11.7. The molecule has 1 heterocycles. The molecule has 20 heavy (non-hydrogen) atoms. The molecule has 0 saturated carbocycles. The number of ketones is 1. The number of carbonyl (C=O) groups is 1. The van der Waals surface area contributed by atoms with Gasteiger partial charge in [-0.05, 0) is 36.0 Å². The zero-order valence-electron chi connectivity index (χ0n) is 11.3. The van der Waals surface area contributed by atoms with Crippen LogP contribution in [0.1, 0.15) is 34.3 Å². The fraction of sp³-hybridized carbons (Fsp3) is 0.278. The van der Waals surface area contributed by atoms with E-state index in [9.17, 15) is 4.79 Å². The minimum atomic E-state index is 0.276. The van der Waals surface area contributed by atoms with Crippen molar-refractivity contribution in [3.05, 3.63) is 53.1 Å². The second-order valence-corrected chi connectivity index (χ2v) is 5.54. The standard InChI is InChI=1S/C18H16O2/c19-17-9-7-13-11-14(6-8-15(13)17)16-5-1-3-12-4-2-10-20-18(12)16/h1,3,5-6,8,11H,2,4,7,9-10H2. The Balaban J connectivity index is 1.84. The molecule has 1 aliphatic carbocycles. The molecular formula is C18H16O2. The summed E-state index contributed by atoms with van der Waals surface area (Å²) in [5, 5.41) is 0. The third kappa shape index (κ3) is 1.75. The van der Waals surface area contributed by atoms with Crippen LogP contribution in [0, 0.1) is 0 Å². The lowest BCUT2D eigenvalue weighted by molar-refractivity contribution is 0.0994. The summed E-state index contributed by atoms with van der Waals surface area (Å²) >= 11 is 0. The highest BCUT2D eigenvalue weighted by molar-refractivity contribution is 6.01. The Morgan fingerprint density at radius 2 is 1.85 bits per heavy atom. The molecule has 2 aliphatic rings. The molecule has 2 aromatic rings. The maximum Gasteiger partial charge on any atom is 0.163 e. The van der Waals surface area contributed by atoms with Crippen molar-refractivity contribution in [3.63, 3.8) is 0 Å². The Bertz CT molecular complexity index is 701. The van der Waals surface area contributed by atoms with E-state index in [1.54, 1.807) is 0 Å². The van der Waals surface area contributed by atoms with Gasteiger partial charge >= 0.3 is 0 Å². The second kappa shape index (κ2) is 4.48. The number of hydrogen-bond acceptors (Lipinski definition) is 2. The van der Waals surface area contributed by atoms with Gasteiger partial charge < -0.3 is 4.74 Å². The molecule has 0 atom stereocenters. The molecule has 0 radical (unpaired) electrons. The maximum absolute atomic E-state index is 11.7. The second-order valence-electron chi connectivity index (χ2n) is 5.54. The molecule has 100 valence electrons. The molecule has 0 spiro atoms. The first-order valence-corrected chi connectivity index (χ1v) is 7.24. The summed E-state index contributed by atoms with van der Waals surface area (Å²) in [4.78, 5) is 11.7. The SMILES string of the molecule is O=C1CCc2cc(-c3cccc4c3OCCC4)ccc21. The predicted octanol–water partition coefficient (Wildman–Crippen LogP) is 3.81. The van der Waals surface area contributed by atoms with Crippen molar-refractivity contribution >= 4 is 5.78 Å². The van der Waals surface area contributed by atoms with E-state index in [4.69, 9.17) is 4.74 Å². The predicted molar refractivity (Wildman–Crippen MR) is 78.3 cm³/mol. The van der Waals surface area contributed by atoms with E-state index in [-0.39, 0.29) is 5.78 Å². The Kier molecular flexibility index (Phi) is 2.62. The topological polar surface area (TPSA) is 26.3 Å². The lowest BCUT2D eigenvalue weighted by Gasteiger charge is -2.20. The summed E-state index contributed by atoms with van der Waals surface area (Å²) < 4.78 is 5.88. The molecule has 0 bridgehead atoms. The summed E-state index contributed by atoms with van der Waals surface area (Å²) in [6, 6.07) is 12.5. The number of para-hydroxylation sites is 1. The van der Waals surface area contributed by atoms with Crippen molar-refractivity contribution in [2.24, 2.45) is 0 Å². The Hall–Kier alpha value is -2.09. The fourth-order valence-electron chi connectivity index (χ4n) is 3.24. The monoisotopic (exact) mass is 264 g/mol. The van der Waals surface area contributed by atoms with Crippen molar-refractivity contribution < 1.29 is 9.53 Å². The molecule has 0 aromatic heterocycles. The number of benzene rings is 2. The lowest BCUT2D eigenvalue weighted by Crippen LogP contribution is -2.09. The largest absolute Gasteiger partial charge is 0.493 e. The molecule has 0 amide bonds. The van der Waals surface area contributed by atoms with Crippen LogP contribution < -0.4 is 4.74 Å². The zero-order chi connectivity index (χ0) is 13.5. The third-order valence-corrected chi connectivity index (χ3v) is 4.27. The van der Waals surface area contributed by atoms with Gasteiger partial charge in [0.05, 0.1) is 6.61 Å². The summed E-state index contributed by atoms with van der Waals surface area (Å²) in [5.74, 6) is 1.31. The van der Waals surface area contributed by atoms with E-state index in [2.05, 4.69) is 30.3 Å². The van der Waals surface area contributed by atoms with Crippen molar-refractivity contribution in [3.8, 4) is 16.9 Å². The van der Waals surface area contributed by atoms with E-state index in [0.717, 1.165) is 48.3 Å². The van der Waals surface area contributed by atoms with Crippen LogP contribution in [0.5, 0.6) is 5.75 Å². The van der Waals surface area contributed by atoms with E-state index in [0.29, 0.717) is 6.42 Å². The van der Waals surface area contributed by atoms with Crippen LogP contribution in [0.25, 0.3) is 11.1 Å². The molecule has 0 N–H and O–H groups in total. The van der Waals surface area contributed by atoms with Gasteiger partial charge in [-0.2, -0.15) is 0 Å². The number of fused-ring (bicyclic) bond motifs is 2. The molecule has 0 fully saturated rings. The van der Waals surface area contributed by atoms with Crippen LogP contribution in [0.4, 0.5) is 0 Å². The van der Waals surface area contributed by atoms with Gasteiger partial charge in [-0.25, -0.2) is 0 Å². The van der Waals surface area contributed by atoms with Crippen LogP contribution in [0.2, 0.25) is 0 Å². The molecule has 0 saturated heterocycles. The zero-order valence-corrected chi connectivity index (χ0v) is 11.3. The first-order chi connectivity index (χ1) is 9.83. The number of ether oxygens (including phenoxy) is 1. The lowest BCUT2D eigenvalue weighted by atomic mass is 9.95. The van der Waals surface area contributed by atoms with Crippen molar-refractivity contribution in [1.29, 1.82) is 0 Å². The molecular weight excluding hydrogens is 248 g/mol. The first-order valence-electron chi connectivity index (χ1n) is 7.24. The average Bonchev–Trinajstić information content (AvgIpc) is 2.87. The van der Waals surface area contributed by atoms with E-state index < -0.39 is 0 Å². The molecule has 2 aromatic carbocycles. The maximum atomic E-state index is 11.7. The van der Waals surface area contributed by atoms with Gasteiger partial charge in [-0.1, -0.05) is 36.4 Å². The molecule has 2 nitrogen and oxygen atoms in total. The van der Waals surface area contributed by atoms with E-state index in [1.807, 2.05) is 6.07 Å².